The maximum absolute atomic E-state index is 12.7. The molecule has 0 N–H and O–H groups in total. The number of pyridine rings is 2. The van der Waals surface area contributed by atoms with Gasteiger partial charge in [0.25, 0.3) is 5.91 Å². The van der Waals surface area contributed by atoms with Crippen LogP contribution < -0.4 is 0 Å². The van der Waals surface area contributed by atoms with Crippen LogP contribution in [0.15, 0.2) is 36.7 Å². The molecule has 0 unspecified atom stereocenters. The van der Waals surface area contributed by atoms with Crippen LogP contribution in [0.25, 0.3) is 0 Å². The van der Waals surface area contributed by atoms with Crippen LogP contribution in [0.1, 0.15) is 28.9 Å². The van der Waals surface area contributed by atoms with E-state index >= 15 is 0 Å². The summed E-state index contributed by atoms with van der Waals surface area (Å²) < 4.78 is 0. The van der Waals surface area contributed by atoms with Crippen molar-refractivity contribution >= 4 is 29.1 Å². The molecule has 21 heavy (non-hydrogen) atoms. The fraction of sp³-hybridized carbons (Fsp3) is 0.267. The van der Waals surface area contributed by atoms with Gasteiger partial charge in [0.2, 0.25) is 0 Å². The SMILES string of the molecule is O=C(c1cc(Cl)ncc1Cl)N(Cc1ccccn1)C1CC1. The largest absolute Gasteiger partial charge is 0.330 e. The fourth-order valence-corrected chi connectivity index (χ4v) is 2.49. The van der Waals surface area contributed by atoms with Gasteiger partial charge in [0.15, 0.2) is 0 Å². The zero-order chi connectivity index (χ0) is 14.8. The molecule has 1 saturated carbocycles. The Balaban J connectivity index is 1.87. The third kappa shape index (κ3) is 3.34. The van der Waals surface area contributed by atoms with Crippen LogP contribution in [0, 0.1) is 0 Å². The highest BCUT2D eigenvalue weighted by molar-refractivity contribution is 6.35. The Morgan fingerprint density at radius 2 is 2.10 bits per heavy atom. The summed E-state index contributed by atoms with van der Waals surface area (Å²) in [5, 5.41) is 0.576. The molecule has 0 spiro atoms. The van der Waals surface area contributed by atoms with Crippen LogP contribution in [0.2, 0.25) is 10.2 Å². The van der Waals surface area contributed by atoms with Gasteiger partial charge in [-0.05, 0) is 31.0 Å². The van der Waals surface area contributed by atoms with Gasteiger partial charge in [-0.3, -0.25) is 9.78 Å². The first-order valence-electron chi connectivity index (χ1n) is 6.67. The number of amides is 1. The second-order valence-corrected chi connectivity index (χ2v) is 5.77. The average Bonchev–Trinajstić information content (AvgIpc) is 3.32. The fourth-order valence-electron chi connectivity index (χ4n) is 2.15. The molecular formula is C15H13Cl2N3O. The lowest BCUT2D eigenvalue weighted by atomic mass is 10.2. The van der Waals surface area contributed by atoms with Crippen LogP contribution in [0.5, 0.6) is 0 Å². The Kier molecular flexibility index (Phi) is 4.08. The Morgan fingerprint density at radius 3 is 2.76 bits per heavy atom. The van der Waals surface area contributed by atoms with E-state index in [0.717, 1.165) is 18.5 Å². The molecule has 3 rings (SSSR count). The standard InChI is InChI=1S/C15H13Cl2N3O/c16-13-8-19-14(17)7-12(13)15(21)20(11-4-5-11)9-10-3-1-2-6-18-10/h1-3,6-8,11H,4-5,9H2. The number of halogens is 2. The van der Waals surface area contributed by atoms with E-state index in [0.29, 0.717) is 17.1 Å². The van der Waals surface area contributed by atoms with Gasteiger partial charge in [-0.1, -0.05) is 29.3 Å². The topological polar surface area (TPSA) is 46.1 Å². The quantitative estimate of drug-likeness (QED) is 0.808. The van der Waals surface area contributed by atoms with Gasteiger partial charge in [0.05, 0.1) is 22.8 Å². The van der Waals surface area contributed by atoms with Crippen LogP contribution in [0.4, 0.5) is 0 Å². The molecule has 0 radical (unpaired) electrons. The highest BCUT2D eigenvalue weighted by Gasteiger charge is 2.34. The summed E-state index contributed by atoms with van der Waals surface area (Å²) >= 11 is 11.9. The number of carbonyl (C=O) groups is 1. The third-order valence-electron chi connectivity index (χ3n) is 3.36. The smallest absolute Gasteiger partial charge is 0.256 e. The zero-order valence-electron chi connectivity index (χ0n) is 11.2. The normalized spacial score (nSPS) is 14.0. The first-order valence-corrected chi connectivity index (χ1v) is 7.42. The molecule has 2 heterocycles. The van der Waals surface area contributed by atoms with E-state index in [1.54, 1.807) is 11.1 Å². The molecule has 1 aliphatic rings. The average molecular weight is 322 g/mol. The van der Waals surface area contributed by atoms with Crippen LogP contribution >= 0.6 is 23.2 Å². The molecule has 2 aromatic heterocycles. The first kappa shape index (κ1) is 14.3. The van der Waals surface area contributed by atoms with E-state index < -0.39 is 0 Å². The van der Waals surface area contributed by atoms with Crippen molar-refractivity contribution in [2.45, 2.75) is 25.4 Å². The van der Waals surface area contributed by atoms with Gasteiger partial charge in [-0.15, -0.1) is 0 Å². The van der Waals surface area contributed by atoms with Crippen molar-refractivity contribution < 1.29 is 4.79 Å². The van der Waals surface area contributed by atoms with Gasteiger partial charge >= 0.3 is 0 Å². The summed E-state index contributed by atoms with van der Waals surface area (Å²) in [5.74, 6) is -0.127. The van der Waals surface area contributed by atoms with Crippen molar-refractivity contribution in [2.75, 3.05) is 0 Å². The molecule has 2 aromatic rings. The molecule has 0 bridgehead atoms. The third-order valence-corrected chi connectivity index (χ3v) is 3.87. The minimum Gasteiger partial charge on any atom is -0.330 e. The number of rotatable bonds is 4. The lowest BCUT2D eigenvalue weighted by Gasteiger charge is -2.22. The Morgan fingerprint density at radius 1 is 1.29 bits per heavy atom. The van der Waals surface area contributed by atoms with Gasteiger partial charge in [0.1, 0.15) is 5.15 Å². The first-order chi connectivity index (χ1) is 10.1. The van der Waals surface area contributed by atoms with E-state index in [1.165, 1.54) is 12.3 Å². The van der Waals surface area contributed by atoms with Crippen LogP contribution in [0.3, 0.4) is 0 Å². The molecule has 4 nitrogen and oxygen atoms in total. The van der Waals surface area contributed by atoms with E-state index in [1.807, 2.05) is 18.2 Å². The van der Waals surface area contributed by atoms with Gasteiger partial charge < -0.3 is 4.90 Å². The van der Waals surface area contributed by atoms with Crippen LogP contribution in [-0.2, 0) is 6.54 Å². The number of hydrogen-bond donors (Lipinski definition) is 0. The number of aromatic nitrogens is 2. The summed E-state index contributed by atoms with van der Waals surface area (Å²) in [6.07, 6.45) is 5.15. The van der Waals surface area contributed by atoms with E-state index in [-0.39, 0.29) is 17.1 Å². The zero-order valence-corrected chi connectivity index (χ0v) is 12.7. The van der Waals surface area contributed by atoms with Gasteiger partial charge in [-0.2, -0.15) is 0 Å². The molecule has 1 amide bonds. The van der Waals surface area contributed by atoms with Crippen molar-refractivity contribution in [1.29, 1.82) is 0 Å². The van der Waals surface area contributed by atoms with Crippen molar-refractivity contribution in [1.82, 2.24) is 14.9 Å². The van der Waals surface area contributed by atoms with Gasteiger partial charge in [0, 0.05) is 18.4 Å². The Hall–Kier alpha value is -1.65. The van der Waals surface area contributed by atoms with Gasteiger partial charge in [-0.25, -0.2) is 4.98 Å². The summed E-state index contributed by atoms with van der Waals surface area (Å²) in [6.45, 7) is 0.473. The lowest BCUT2D eigenvalue weighted by molar-refractivity contribution is 0.0728. The van der Waals surface area contributed by atoms with Crippen molar-refractivity contribution in [3.8, 4) is 0 Å². The van der Waals surface area contributed by atoms with Crippen molar-refractivity contribution in [3.63, 3.8) is 0 Å². The predicted octanol–water partition coefficient (Wildman–Crippen LogP) is 3.59. The number of nitrogens with zero attached hydrogens (tertiary/aromatic N) is 3. The second kappa shape index (κ2) is 6.00. The molecule has 108 valence electrons. The van der Waals surface area contributed by atoms with Crippen LogP contribution in [-0.4, -0.2) is 26.8 Å². The van der Waals surface area contributed by atoms with E-state index in [9.17, 15) is 4.79 Å². The maximum atomic E-state index is 12.7. The highest BCUT2D eigenvalue weighted by Crippen LogP contribution is 2.31. The molecule has 0 saturated heterocycles. The molecule has 1 fully saturated rings. The summed E-state index contributed by atoms with van der Waals surface area (Å²) in [6, 6.07) is 7.44. The Bertz CT molecular complexity index is 659. The second-order valence-electron chi connectivity index (χ2n) is 4.97. The summed E-state index contributed by atoms with van der Waals surface area (Å²) in [5.41, 5.74) is 1.24. The minimum atomic E-state index is -0.127. The molecular weight excluding hydrogens is 309 g/mol. The van der Waals surface area contributed by atoms with E-state index in [4.69, 9.17) is 23.2 Å². The maximum Gasteiger partial charge on any atom is 0.256 e. The predicted molar refractivity (Wildman–Crippen MR) is 81.4 cm³/mol. The monoisotopic (exact) mass is 321 g/mol. The molecule has 1 aliphatic carbocycles. The molecule has 0 aliphatic heterocycles. The highest BCUT2D eigenvalue weighted by atomic mass is 35.5. The van der Waals surface area contributed by atoms with Crippen molar-refractivity contribution in [3.05, 3.63) is 58.1 Å². The molecule has 6 heteroatoms. The van der Waals surface area contributed by atoms with Crippen molar-refractivity contribution in [2.24, 2.45) is 0 Å². The number of carbonyl (C=O) groups excluding carboxylic acids is 1. The molecule has 0 aromatic carbocycles. The minimum absolute atomic E-state index is 0.127. The number of hydrogen-bond acceptors (Lipinski definition) is 3. The Labute approximate surface area is 132 Å². The summed E-state index contributed by atoms with van der Waals surface area (Å²) in [7, 11) is 0. The van der Waals surface area contributed by atoms with E-state index in [2.05, 4.69) is 9.97 Å². The lowest BCUT2D eigenvalue weighted by Crippen LogP contribution is -2.33. The summed E-state index contributed by atoms with van der Waals surface area (Å²) in [4.78, 5) is 22.7. The molecule has 0 atom stereocenters.